The number of amides is 1. The molecular weight excluding hydrogens is 256 g/mol. The van der Waals surface area contributed by atoms with E-state index in [4.69, 9.17) is 16.7 Å². The van der Waals surface area contributed by atoms with E-state index in [9.17, 15) is 9.59 Å². The molecule has 0 fully saturated rings. The first-order valence-electron chi connectivity index (χ1n) is 5.68. The lowest BCUT2D eigenvalue weighted by molar-refractivity contribution is -0.139. The molecule has 2 N–H and O–H groups in total. The highest BCUT2D eigenvalue weighted by Gasteiger charge is 2.19. The molecule has 1 amide bonds. The number of hydrogen-bond acceptors (Lipinski definition) is 3. The third-order valence-corrected chi connectivity index (χ3v) is 2.68. The maximum Gasteiger partial charge on any atom is 0.326 e. The van der Waals surface area contributed by atoms with Crippen molar-refractivity contribution in [3.8, 4) is 0 Å². The maximum atomic E-state index is 11.9. The second-order valence-electron chi connectivity index (χ2n) is 3.80. The monoisotopic (exact) mass is 270 g/mol. The zero-order valence-corrected chi connectivity index (χ0v) is 11.0. The van der Waals surface area contributed by atoms with E-state index in [0.717, 1.165) is 0 Å². The molecule has 1 aromatic rings. The Bertz CT molecular complexity index is 463. The van der Waals surface area contributed by atoms with Crippen LogP contribution in [0.3, 0.4) is 0 Å². The number of halogens is 1. The third-order valence-electron chi connectivity index (χ3n) is 2.48. The van der Waals surface area contributed by atoms with Crippen molar-refractivity contribution in [2.45, 2.75) is 32.7 Å². The van der Waals surface area contributed by atoms with Gasteiger partial charge in [0, 0.05) is 11.3 Å². The summed E-state index contributed by atoms with van der Waals surface area (Å²) in [7, 11) is 0. The number of aromatic nitrogens is 1. The molecule has 0 aromatic carbocycles. The van der Waals surface area contributed by atoms with Crippen LogP contribution in [0.25, 0.3) is 0 Å². The molecule has 1 heterocycles. The zero-order valence-electron chi connectivity index (χ0n) is 10.2. The maximum absolute atomic E-state index is 11.9. The molecule has 1 aromatic heterocycles. The number of hydrogen-bond donors (Lipinski definition) is 2. The number of aliphatic carboxylic acids is 1. The molecule has 0 bridgehead atoms. The average Bonchev–Trinajstić information content (AvgIpc) is 2.34. The Labute approximate surface area is 110 Å². The molecule has 1 rings (SSSR count). The van der Waals surface area contributed by atoms with Gasteiger partial charge in [0.05, 0.1) is 0 Å². The number of carboxylic acids is 1. The molecule has 0 radical (unpaired) electrons. The van der Waals surface area contributed by atoms with Gasteiger partial charge in [-0.25, -0.2) is 9.78 Å². The Hall–Kier alpha value is -1.62. The summed E-state index contributed by atoms with van der Waals surface area (Å²) in [6, 6.07) is 2.13. The van der Waals surface area contributed by atoms with E-state index in [1.54, 1.807) is 13.0 Å². The number of carboxylic acid groups (broad SMARTS) is 1. The van der Waals surface area contributed by atoms with Crippen LogP contribution >= 0.6 is 11.6 Å². The molecule has 0 aliphatic carbocycles. The van der Waals surface area contributed by atoms with E-state index in [1.807, 2.05) is 6.92 Å². The van der Waals surface area contributed by atoms with Gasteiger partial charge in [-0.15, -0.1) is 0 Å². The number of nitrogens with zero attached hydrogens (tertiary/aromatic N) is 1. The summed E-state index contributed by atoms with van der Waals surface area (Å²) < 4.78 is 0. The molecule has 0 aliphatic rings. The van der Waals surface area contributed by atoms with Crippen LogP contribution in [0, 0.1) is 0 Å². The zero-order chi connectivity index (χ0) is 13.7. The Morgan fingerprint density at radius 2 is 2.11 bits per heavy atom. The second kappa shape index (κ2) is 6.35. The van der Waals surface area contributed by atoms with Crippen LogP contribution in [0.1, 0.15) is 36.3 Å². The number of nitrogens with one attached hydrogen (secondary N) is 1. The Balaban J connectivity index is 2.90. The van der Waals surface area contributed by atoms with Gasteiger partial charge in [-0.2, -0.15) is 0 Å². The SMILES string of the molecule is CCc1cc(C(=O)N[C@H](CC)C(=O)O)cc(Cl)n1. The van der Waals surface area contributed by atoms with Gasteiger partial charge in [0.15, 0.2) is 0 Å². The highest BCUT2D eigenvalue weighted by atomic mass is 35.5. The lowest BCUT2D eigenvalue weighted by Gasteiger charge is -2.12. The van der Waals surface area contributed by atoms with E-state index in [0.29, 0.717) is 24.1 Å². The van der Waals surface area contributed by atoms with Gasteiger partial charge in [-0.1, -0.05) is 25.4 Å². The van der Waals surface area contributed by atoms with E-state index < -0.39 is 17.9 Å². The normalized spacial score (nSPS) is 11.9. The number of pyridine rings is 1. The van der Waals surface area contributed by atoms with E-state index in [2.05, 4.69) is 10.3 Å². The van der Waals surface area contributed by atoms with Gasteiger partial charge < -0.3 is 10.4 Å². The molecular formula is C12H15ClN2O3. The van der Waals surface area contributed by atoms with Crippen LogP contribution in [0.15, 0.2) is 12.1 Å². The van der Waals surface area contributed by atoms with Crippen molar-refractivity contribution >= 4 is 23.5 Å². The predicted octanol–water partition coefficient (Wildman–Crippen LogP) is 1.89. The second-order valence-corrected chi connectivity index (χ2v) is 4.18. The van der Waals surface area contributed by atoms with E-state index >= 15 is 0 Å². The minimum Gasteiger partial charge on any atom is -0.480 e. The third kappa shape index (κ3) is 3.70. The fraction of sp³-hybridized carbons (Fsp3) is 0.417. The van der Waals surface area contributed by atoms with Crippen molar-refractivity contribution in [3.63, 3.8) is 0 Å². The Kier molecular flexibility index (Phi) is 5.09. The summed E-state index contributed by atoms with van der Waals surface area (Å²) in [5.41, 5.74) is 1.02. The molecule has 0 spiro atoms. The number of aryl methyl sites for hydroxylation is 1. The van der Waals surface area contributed by atoms with Gasteiger partial charge >= 0.3 is 5.97 Å². The molecule has 18 heavy (non-hydrogen) atoms. The van der Waals surface area contributed by atoms with Crippen LogP contribution in [0.4, 0.5) is 0 Å². The van der Waals surface area contributed by atoms with Gasteiger partial charge in [-0.05, 0) is 25.0 Å². The number of rotatable bonds is 5. The first-order valence-corrected chi connectivity index (χ1v) is 6.05. The first kappa shape index (κ1) is 14.4. The van der Waals surface area contributed by atoms with Crippen LogP contribution < -0.4 is 5.32 Å². The smallest absolute Gasteiger partial charge is 0.326 e. The fourth-order valence-electron chi connectivity index (χ4n) is 1.44. The summed E-state index contributed by atoms with van der Waals surface area (Å²) >= 11 is 5.80. The van der Waals surface area contributed by atoms with Gasteiger partial charge in [-0.3, -0.25) is 4.79 Å². The van der Waals surface area contributed by atoms with Crippen molar-refractivity contribution in [1.82, 2.24) is 10.3 Å². The van der Waals surface area contributed by atoms with Crippen LogP contribution in [-0.4, -0.2) is 28.0 Å². The largest absolute Gasteiger partial charge is 0.480 e. The summed E-state index contributed by atoms with van der Waals surface area (Å²) in [5.74, 6) is -1.51. The van der Waals surface area contributed by atoms with Crippen molar-refractivity contribution in [3.05, 3.63) is 28.5 Å². The van der Waals surface area contributed by atoms with Crippen molar-refractivity contribution in [2.75, 3.05) is 0 Å². The minimum atomic E-state index is -1.05. The van der Waals surface area contributed by atoms with Crippen molar-refractivity contribution in [2.24, 2.45) is 0 Å². The van der Waals surface area contributed by atoms with Gasteiger partial charge in [0.2, 0.25) is 0 Å². The van der Waals surface area contributed by atoms with Crippen molar-refractivity contribution in [1.29, 1.82) is 0 Å². The number of carbonyl (C=O) groups excluding carboxylic acids is 1. The summed E-state index contributed by atoms with van der Waals surface area (Å²) in [5, 5.41) is 11.5. The quantitative estimate of drug-likeness (QED) is 0.801. The summed E-state index contributed by atoms with van der Waals surface area (Å²) in [6.07, 6.45) is 0.970. The highest BCUT2D eigenvalue weighted by Crippen LogP contribution is 2.12. The van der Waals surface area contributed by atoms with E-state index in [-0.39, 0.29) is 5.15 Å². The van der Waals surface area contributed by atoms with Gasteiger partial charge in [0.1, 0.15) is 11.2 Å². The molecule has 6 heteroatoms. The summed E-state index contributed by atoms with van der Waals surface area (Å²) in [6.45, 7) is 3.59. The van der Waals surface area contributed by atoms with Crippen LogP contribution in [-0.2, 0) is 11.2 Å². The predicted molar refractivity (Wildman–Crippen MR) is 67.8 cm³/mol. The molecule has 0 saturated heterocycles. The minimum absolute atomic E-state index is 0.225. The highest BCUT2D eigenvalue weighted by molar-refractivity contribution is 6.29. The lowest BCUT2D eigenvalue weighted by atomic mass is 10.1. The van der Waals surface area contributed by atoms with E-state index in [1.165, 1.54) is 6.07 Å². The Morgan fingerprint density at radius 3 is 2.61 bits per heavy atom. The average molecular weight is 271 g/mol. The van der Waals surface area contributed by atoms with Crippen LogP contribution in [0.2, 0.25) is 5.15 Å². The van der Waals surface area contributed by atoms with Gasteiger partial charge in [0.25, 0.3) is 5.91 Å². The molecule has 0 saturated carbocycles. The number of carbonyl (C=O) groups is 2. The molecule has 98 valence electrons. The molecule has 5 nitrogen and oxygen atoms in total. The molecule has 0 aliphatic heterocycles. The lowest BCUT2D eigenvalue weighted by Crippen LogP contribution is -2.40. The topological polar surface area (TPSA) is 79.3 Å². The van der Waals surface area contributed by atoms with Crippen molar-refractivity contribution < 1.29 is 14.7 Å². The summed E-state index contributed by atoms with van der Waals surface area (Å²) in [4.78, 5) is 26.8. The Morgan fingerprint density at radius 1 is 1.44 bits per heavy atom. The fourth-order valence-corrected chi connectivity index (χ4v) is 1.67. The molecule has 1 atom stereocenters. The first-order chi connectivity index (χ1) is 8.47. The standard InChI is InChI=1S/C12H15ClN2O3/c1-3-8-5-7(6-10(13)14-8)11(16)15-9(4-2)12(17)18/h5-6,9H,3-4H2,1-2H3,(H,15,16)(H,17,18)/t9-/m1/s1. The molecule has 0 unspecified atom stereocenters. The van der Waals surface area contributed by atoms with Crippen LogP contribution in [0.5, 0.6) is 0 Å².